The molecule has 1 aromatic carbocycles. The first kappa shape index (κ1) is 30.4. The number of unbranched alkanes of at least 4 members (excludes halogenated alkanes) is 7. The van der Waals surface area contributed by atoms with Crippen molar-refractivity contribution < 1.29 is 23.1 Å². The van der Waals surface area contributed by atoms with Gasteiger partial charge in [0.2, 0.25) is 0 Å². The molecule has 8 heteroatoms. The van der Waals surface area contributed by atoms with Crippen LogP contribution in [-0.2, 0) is 6.54 Å². The van der Waals surface area contributed by atoms with E-state index in [1.165, 1.54) is 32.1 Å². The number of hydrogen-bond donors (Lipinski definition) is 1. The van der Waals surface area contributed by atoms with E-state index in [1.54, 1.807) is 30.3 Å². The van der Waals surface area contributed by atoms with E-state index in [9.17, 15) is 23.1 Å². The molecule has 2 unspecified atom stereocenters. The zero-order valence-electron chi connectivity index (χ0n) is 19.9. The molecular weight excluding hydrogens is 483 g/mol. The van der Waals surface area contributed by atoms with Crippen LogP contribution in [-0.4, -0.2) is 32.6 Å². The predicted octanol–water partition coefficient (Wildman–Crippen LogP) is 9.15. The molecule has 0 heterocycles. The minimum atomic E-state index is -4.57. The predicted molar refractivity (Wildman–Crippen MR) is 137 cm³/mol. The van der Waals surface area contributed by atoms with Gasteiger partial charge in [-0.15, -0.1) is 0 Å². The van der Waals surface area contributed by atoms with Crippen molar-refractivity contribution in [3.05, 3.63) is 48.0 Å². The quantitative estimate of drug-likeness (QED) is 0.0733. The Kier molecular flexibility index (Phi) is 15.2. The van der Waals surface area contributed by atoms with Gasteiger partial charge in [-0.25, -0.2) is 4.79 Å². The van der Waals surface area contributed by atoms with Crippen molar-refractivity contribution in [1.82, 2.24) is 4.90 Å². The van der Waals surface area contributed by atoms with Crippen LogP contribution < -0.4 is 0 Å². The zero-order chi connectivity index (χ0) is 25.4. The van der Waals surface area contributed by atoms with Crippen molar-refractivity contribution in [2.75, 3.05) is 0 Å². The summed E-state index contributed by atoms with van der Waals surface area (Å²) in [6, 6.07) is 8.63. The van der Waals surface area contributed by atoms with Gasteiger partial charge >= 0.3 is 12.3 Å². The van der Waals surface area contributed by atoms with E-state index in [0.717, 1.165) is 17.7 Å². The molecule has 0 aromatic heterocycles. The van der Waals surface area contributed by atoms with Crippen LogP contribution in [0.15, 0.2) is 42.5 Å². The highest BCUT2D eigenvalue weighted by Crippen LogP contribution is 2.35. The van der Waals surface area contributed by atoms with Gasteiger partial charge in [0.15, 0.2) is 0 Å². The maximum Gasteiger partial charge on any atom is 0.408 e. The molecular formula is C26H37ClF3NO2S. The second-order valence-corrected chi connectivity index (χ2v) is 9.57. The maximum absolute atomic E-state index is 13.7. The van der Waals surface area contributed by atoms with Crippen molar-refractivity contribution >= 4 is 34.8 Å². The minimum Gasteiger partial charge on any atom is -0.465 e. The van der Waals surface area contributed by atoms with Crippen LogP contribution in [0.3, 0.4) is 0 Å². The second-order valence-electron chi connectivity index (χ2n) is 8.55. The van der Waals surface area contributed by atoms with Gasteiger partial charge in [0, 0.05) is 4.86 Å². The van der Waals surface area contributed by atoms with E-state index < -0.39 is 30.1 Å². The van der Waals surface area contributed by atoms with Crippen LogP contribution in [0.5, 0.6) is 0 Å². The summed E-state index contributed by atoms with van der Waals surface area (Å²) in [6.07, 6.45) is 7.26. The Labute approximate surface area is 212 Å². The molecule has 0 saturated heterocycles. The van der Waals surface area contributed by atoms with E-state index >= 15 is 0 Å². The number of alkyl halides is 4. The summed E-state index contributed by atoms with van der Waals surface area (Å²) < 4.78 is 41.2. The third kappa shape index (κ3) is 12.7. The summed E-state index contributed by atoms with van der Waals surface area (Å²) in [6.45, 7) is 2.10. The lowest BCUT2D eigenvalue weighted by molar-refractivity contribution is -0.158. The molecule has 34 heavy (non-hydrogen) atoms. The SMILES string of the molecule is CCCCCCCCC=CCCCC(=S)C(CC(Cl)N(Cc1ccccc1)C(=O)O)C(F)(F)F. The molecule has 0 aliphatic rings. The molecule has 0 saturated carbocycles. The fourth-order valence-electron chi connectivity index (χ4n) is 3.68. The third-order valence-corrected chi connectivity index (χ3v) is 6.58. The van der Waals surface area contributed by atoms with Crippen LogP contribution in [0.1, 0.15) is 83.1 Å². The highest BCUT2D eigenvalue weighted by atomic mass is 35.5. The van der Waals surface area contributed by atoms with E-state index in [2.05, 4.69) is 13.0 Å². The van der Waals surface area contributed by atoms with Gasteiger partial charge in [0.05, 0.1) is 12.5 Å². The van der Waals surface area contributed by atoms with Crippen molar-refractivity contribution in [2.24, 2.45) is 5.92 Å². The van der Waals surface area contributed by atoms with Gasteiger partial charge in [0.25, 0.3) is 0 Å². The second kappa shape index (κ2) is 16.9. The minimum absolute atomic E-state index is 0.0922. The van der Waals surface area contributed by atoms with Crippen molar-refractivity contribution in [2.45, 2.75) is 95.8 Å². The molecule has 0 spiro atoms. The van der Waals surface area contributed by atoms with Crippen LogP contribution >= 0.6 is 23.8 Å². The molecule has 1 rings (SSSR count). The van der Waals surface area contributed by atoms with Gasteiger partial charge in [-0.2, -0.15) is 13.2 Å². The van der Waals surface area contributed by atoms with E-state index in [-0.39, 0.29) is 17.8 Å². The van der Waals surface area contributed by atoms with Gasteiger partial charge in [-0.1, -0.05) is 105 Å². The molecule has 0 radical (unpaired) electrons. The first-order chi connectivity index (χ1) is 16.2. The van der Waals surface area contributed by atoms with E-state index in [4.69, 9.17) is 23.8 Å². The van der Waals surface area contributed by atoms with E-state index in [0.29, 0.717) is 18.4 Å². The Morgan fingerprint density at radius 3 is 2.24 bits per heavy atom. The highest BCUT2D eigenvalue weighted by Gasteiger charge is 2.44. The standard InChI is InChI=1S/C26H37ClF3NO2S/c1-2-3-4-5-6-7-8-9-10-11-15-18-23(34)22(26(28,29)30)19-24(27)31(25(32)33)20-21-16-13-12-14-17-21/h9-10,12-14,16-17,22,24H,2-8,11,15,18-20H2,1H3,(H,32,33). The molecule has 3 nitrogen and oxygen atoms in total. The number of halogens is 4. The smallest absolute Gasteiger partial charge is 0.408 e. The largest absolute Gasteiger partial charge is 0.465 e. The summed E-state index contributed by atoms with van der Waals surface area (Å²) in [4.78, 5) is 12.4. The molecule has 0 aliphatic heterocycles. The lowest BCUT2D eigenvalue weighted by Gasteiger charge is -2.29. The molecule has 0 aliphatic carbocycles. The summed E-state index contributed by atoms with van der Waals surface area (Å²) in [7, 11) is 0. The molecule has 192 valence electrons. The lowest BCUT2D eigenvalue weighted by atomic mass is 9.96. The Bertz CT molecular complexity index is 743. The number of carbonyl (C=O) groups is 1. The molecule has 2 atom stereocenters. The van der Waals surface area contributed by atoms with Crippen LogP contribution in [0.4, 0.5) is 18.0 Å². The Morgan fingerprint density at radius 2 is 1.65 bits per heavy atom. The number of rotatable bonds is 17. The number of benzene rings is 1. The summed E-state index contributed by atoms with van der Waals surface area (Å²) in [5.74, 6) is -1.92. The third-order valence-electron chi connectivity index (χ3n) is 5.68. The first-order valence-electron chi connectivity index (χ1n) is 12.1. The van der Waals surface area contributed by atoms with Crippen LogP contribution in [0.2, 0.25) is 0 Å². The van der Waals surface area contributed by atoms with Crippen LogP contribution in [0, 0.1) is 5.92 Å². The number of hydrogen-bond acceptors (Lipinski definition) is 2. The summed E-state index contributed by atoms with van der Waals surface area (Å²) in [5, 5.41) is 9.49. The fraction of sp³-hybridized carbons (Fsp3) is 0.615. The van der Waals surface area contributed by atoms with E-state index in [1.807, 2.05) is 6.08 Å². The molecule has 1 aromatic rings. The Balaban J connectivity index is 2.52. The van der Waals surface area contributed by atoms with Gasteiger partial charge in [-0.3, -0.25) is 4.90 Å². The first-order valence-corrected chi connectivity index (χ1v) is 12.9. The Morgan fingerprint density at radius 1 is 1.06 bits per heavy atom. The topological polar surface area (TPSA) is 40.5 Å². The molecule has 1 N–H and O–H groups in total. The number of amides is 1. The van der Waals surface area contributed by atoms with Gasteiger partial charge in [-0.05, 0) is 44.1 Å². The normalized spacial score (nSPS) is 13.7. The summed E-state index contributed by atoms with van der Waals surface area (Å²) in [5.41, 5.74) is -0.700. The molecule has 0 fully saturated rings. The zero-order valence-corrected chi connectivity index (χ0v) is 21.5. The molecule has 1 amide bonds. The molecule has 0 bridgehead atoms. The fourth-order valence-corrected chi connectivity index (χ4v) is 4.39. The summed E-state index contributed by atoms with van der Waals surface area (Å²) >= 11 is 11.3. The van der Waals surface area contributed by atoms with Gasteiger partial charge < -0.3 is 5.11 Å². The lowest BCUT2D eigenvalue weighted by Crippen LogP contribution is -2.40. The number of allylic oxidation sites excluding steroid dienone is 2. The average Bonchev–Trinajstić information content (AvgIpc) is 2.78. The number of carboxylic acid groups (broad SMARTS) is 1. The highest BCUT2D eigenvalue weighted by molar-refractivity contribution is 7.80. The van der Waals surface area contributed by atoms with Crippen molar-refractivity contribution in [3.63, 3.8) is 0 Å². The van der Waals surface area contributed by atoms with Crippen LogP contribution in [0.25, 0.3) is 0 Å². The average molecular weight is 520 g/mol. The van der Waals surface area contributed by atoms with Crippen molar-refractivity contribution in [3.8, 4) is 0 Å². The maximum atomic E-state index is 13.7. The monoisotopic (exact) mass is 519 g/mol. The number of nitrogens with zero attached hydrogens (tertiary/aromatic N) is 1. The van der Waals surface area contributed by atoms with Gasteiger partial charge in [0.1, 0.15) is 5.50 Å². The Hall–Kier alpha value is -1.60. The number of thiocarbonyl (C=S) groups is 1. The van der Waals surface area contributed by atoms with Crippen molar-refractivity contribution in [1.29, 1.82) is 0 Å².